The van der Waals surface area contributed by atoms with Gasteiger partial charge in [-0.1, -0.05) is 51.1 Å². The average molecular weight is 270 g/mol. The fourth-order valence-electron chi connectivity index (χ4n) is 1.78. The molecule has 2 N–H and O–H groups in total. The van der Waals surface area contributed by atoms with Crippen molar-refractivity contribution in [3.05, 3.63) is 35.9 Å². The highest BCUT2D eigenvalue weighted by atomic mass is 35.5. The van der Waals surface area contributed by atoms with E-state index in [1.807, 2.05) is 18.2 Å². The molecule has 3 heteroatoms. The number of benzene rings is 1. The number of hydrogen-bond donors (Lipinski definition) is 1. The second-order valence-corrected chi connectivity index (χ2v) is 5.83. The highest BCUT2D eigenvalue weighted by Crippen LogP contribution is 2.20. The lowest BCUT2D eigenvalue weighted by Crippen LogP contribution is -2.33. The zero-order valence-electron chi connectivity index (χ0n) is 11.5. The molecule has 0 saturated heterocycles. The summed E-state index contributed by atoms with van der Waals surface area (Å²) in [5.74, 6) is 0.174. The van der Waals surface area contributed by atoms with Crippen LogP contribution >= 0.6 is 12.4 Å². The van der Waals surface area contributed by atoms with Crippen LogP contribution in [0.15, 0.2) is 30.3 Å². The number of Topliss-reactive ketones (excluding diaryl/α,β-unsaturated/α-hetero) is 1. The lowest BCUT2D eigenvalue weighted by atomic mass is 9.87. The average Bonchev–Trinajstić information content (AvgIpc) is 2.25. The van der Waals surface area contributed by atoms with Gasteiger partial charge in [-0.05, 0) is 23.8 Å². The molecule has 1 aromatic rings. The molecule has 0 aliphatic rings. The molecule has 0 saturated carbocycles. The Bertz CT molecular complexity index is 357. The van der Waals surface area contributed by atoms with E-state index in [1.165, 1.54) is 5.56 Å². The molecule has 0 aromatic heterocycles. The van der Waals surface area contributed by atoms with Crippen LogP contribution < -0.4 is 5.73 Å². The monoisotopic (exact) mass is 269 g/mol. The third-order valence-electron chi connectivity index (χ3n) is 2.70. The van der Waals surface area contributed by atoms with Crippen LogP contribution in [0.4, 0.5) is 0 Å². The minimum atomic E-state index is -0.325. The number of hydrogen-bond acceptors (Lipinski definition) is 2. The van der Waals surface area contributed by atoms with Crippen molar-refractivity contribution in [2.24, 2.45) is 11.1 Å². The molecule has 0 amide bonds. The second-order valence-electron chi connectivity index (χ2n) is 5.83. The molecule has 1 rings (SSSR count). The van der Waals surface area contributed by atoms with E-state index in [4.69, 9.17) is 5.73 Å². The van der Waals surface area contributed by atoms with Crippen LogP contribution in [0, 0.1) is 5.41 Å². The van der Waals surface area contributed by atoms with Crippen LogP contribution in [0.25, 0.3) is 0 Å². The van der Waals surface area contributed by atoms with Gasteiger partial charge in [0.1, 0.15) is 5.78 Å². The Hall–Kier alpha value is -0.860. The van der Waals surface area contributed by atoms with Gasteiger partial charge in [-0.25, -0.2) is 0 Å². The SMILES string of the molecule is CC(C)(C)CC(=O)[C@@H](N)CCc1ccccc1.Cl. The van der Waals surface area contributed by atoms with E-state index < -0.39 is 0 Å². The van der Waals surface area contributed by atoms with Gasteiger partial charge in [0.05, 0.1) is 6.04 Å². The van der Waals surface area contributed by atoms with Gasteiger partial charge >= 0.3 is 0 Å². The minimum Gasteiger partial charge on any atom is -0.321 e. The molecule has 1 aromatic carbocycles. The standard InChI is InChI=1S/C15H23NO.ClH/c1-15(2,3)11-14(17)13(16)10-9-12-7-5-4-6-8-12;/h4-8,13H,9-11,16H2,1-3H3;1H/t13-;/m0./s1. The first-order valence-corrected chi connectivity index (χ1v) is 6.21. The number of ketones is 1. The summed E-state index contributed by atoms with van der Waals surface area (Å²) in [4.78, 5) is 11.9. The van der Waals surface area contributed by atoms with Gasteiger partial charge < -0.3 is 5.73 Å². The third kappa shape index (κ3) is 6.77. The van der Waals surface area contributed by atoms with Crippen molar-refractivity contribution in [1.29, 1.82) is 0 Å². The first kappa shape index (κ1) is 17.1. The first-order valence-electron chi connectivity index (χ1n) is 6.21. The summed E-state index contributed by atoms with van der Waals surface area (Å²) in [7, 11) is 0. The van der Waals surface area contributed by atoms with E-state index in [0.29, 0.717) is 6.42 Å². The molecule has 0 heterocycles. The van der Waals surface area contributed by atoms with Gasteiger partial charge in [0.25, 0.3) is 0 Å². The summed E-state index contributed by atoms with van der Waals surface area (Å²) in [5.41, 5.74) is 7.19. The van der Waals surface area contributed by atoms with Gasteiger partial charge in [0.15, 0.2) is 0 Å². The summed E-state index contributed by atoms with van der Waals surface area (Å²) < 4.78 is 0. The molecule has 2 nitrogen and oxygen atoms in total. The van der Waals surface area contributed by atoms with Gasteiger partial charge in [-0.3, -0.25) is 4.79 Å². The van der Waals surface area contributed by atoms with Crippen LogP contribution in [-0.4, -0.2) is 11.8 Å². The van der Waals surface area contributed by atoms with Crippen LogP contribution in [0.5, 0.6) is 0 Å². The quantitative estimate of drug-likeness (QED) is 0.891. The Balaban J connectivity index is 0.00000289. The number of carbonyl (C=O) groups is 1. The molecule has 0 aliphatic heterocycles. The number of aryl methyl sites for hydroxylation is 1. The largest absolute Gasteiger partial charge is 0.321 e. The van der Waals surface area contributed by atoms with Crippen molar-refractivity contribution in [1.82, 2.24) is 0 Å². The fourth-order valence-corrected chi connectivity index (χ4v) is 1.78. The number of rotatable bonds is 5. The highest BCUT2D eigenvalue weighted by Gasteiger charge is 2.20. The molecule has 0 unspecified atom stereocenters. The normalized spacial score (nSPS) is 12.7. The molecule has 102 valence electrons. The van der Waals surface area contributed by atoms with Crippen molar-refractivity contribution in [2.45, 2.75) is 46.1 Å². The molecular formula is C15H24ClNO. The highest BCUT2D eigenvalue weighted by molar-refractivity contribution is 5.85. The van der Waals surface area contributed by atoms with E-state index in [0.717, 1.165) is 12.8 Å². The van der Waals surface area contributed by atoms with E-state index in [2.05, 4.69) is 32.9 Å². The summed E-state index contributed by atoms with van der Waals surface area (Å²) >= 11 is 0. The van der Waals surface area contributed by atoms with Gasteiger partial charge in [0, 0.05) is 6.42 Å². The Morgan fingerprint density at radius 1 is 1.22 bits per heavy atom. The van der Waals surface area contributed by atoms with Crippen LogP contribution in [-0.2, 0) is 11.2 Å². The Morgan fingerprint density at radius 2 is 1.78 bits per heavy atom. The number of halogens is 1. The van der Waals surface area contributed by atoms with E-state index in [1.54, 1.807) is 0 Å². The van der Waals surface area contributed by atoms with Crippen LogP contribution in [0.3, 0.4) is 0 Å². The lowest BCUT2D eigenvalue weighted by Gasteiger charge is -2.19. The van der Waals surface area contributed by atoms with E-state index in [9.17, 15) is 4.79 Å². The first-order chi connectivity index (χ1) is 7.88. The summed E-state index contributed by atoms with van der Waals surface area (Å²) in [6.45, 7) is 6.19. The summed E-state index contributed by atoms with van der Waals surface area (Å²) in [5, 5.41) is 0. The molecule has 18 heavy (non-hydrogen) atoms. The Morgan fingerprint density at radius 3 is 2.28 bits per heavy atom. The second kappa shape index (κ2) is 7.55. The maximum absolute atomic E-state index is 11.9. The zero-order valence-corrected chi connectivity index (χ0v) is 12.3. The number of nitrogens with two attached hydrogens (primary N) is 1. The topological polar surface area (TPSA) is 43.1 Å². The molecule has 0 radical (unpaired) electrons. The van der Waals surface area contributed by atoms with Crippen LogP contribution in [0.2, 0.25) is 0 Å². The van der Waals surface area contributed by atoms with Crippen molar-refractivity contribution >= 4 is 18.2 Å². The van der Waals surface area contributed by atoms with E-state index in [-0.39, 0.29) is 29.6 Å². The van der Waals surface area contributed by atoms with Crippen molar-refractivity contribution in [3.63, 3.8) is 0 Å². The zero-order chi connectivity index (χ0) is 12.9. The predicted octanol–water partition coefficient (Wildman–Crippen LogP) is 3.37. The van der Waals surface area contributed by atoms with Gasteiger partial charge in [0.2, 0.25) is 0 Å². The molecule has 0 fully saturated rings. The Kier molecular flexibility index (Phi) is 7.19. The molecule has 0 aliphatic carbocycles. The smallest absolute Gasteiger partial charge is 0.150 e. The molecule has 1 atom stereocenters. The van der Waals surface area contributed by atoms with Crippen molar-refractivity contribution in [3.8, 4) is 0 Å². The van der Waals surface area contributed by atoms with Crippen molar-refractivity contribution in [2.75, 3.05) is 0 Å². The molecular weight excluding hydrogens is 246 g/mol. The number of carbonyl (C=O) groups excluding carboxylic acids is 1. The molecule has 0 spiro atoms. The lowest BCUT2D eigenvalue weighted by molar-refractivity contribution is -0.122. The third-order valence-corrected chi connectivity index (χ3v) is 2.70. The molecule has 0 bridgehead atoms. The summed E-state index contributed by atoms with van der Waals surface area (Å²) in [6.07, 6.45) is 2.17. The van der Waals surface area contributed by atoms with Gasteiger partial charge in [-0.2, -0.15) is 0 Å². The maximum atomic E-state index is 11.9. The maximum Gasteiger partial charge on any atom is 0.150 e. The Labute approximate surface area is 116 Å². The fraction of sp³-hybridized carbons (Fsp3) is 0.533. The summed E-state index contributed by atoms with van der Waals surface area (Å²) in [6, 6.07) is 9.83. The predicted molar refractivity (Wildman–Crippen MR) is 79.1 cm³/mol. The van der Waals surface area contributed by atoms with E-state index >= 15 is 0 Å². The van der Waals surface area contributed by atoms with Crippen LogP contribution in [0.1, 0.15) is 39.2 Å². The minimum absolute atomic E-state index is 0. The van der Waals surface area contributed by atoms with Gasteiger partial charge in [-0.15, -0.1) is 12.4 Å². The van der Waals surface area contributed by atoms with Crippen molar-refractivity contribution < 1.29 is 4.79 Å².